The highest BCUT2D eigenvalue weighted by Crippen LogP contribution is 2.56. The highest BCUT2D eigenvalue weighted by Gasteiger charge is 2.70. The van der Waals surface area contributed by atoms with Crippen LogP contribution in [-0.4, -0.2) is 61.0 Å². The zero-order valence-corrected chi connectivity index (χ0v) is 19.6. The summed E-state index contributed by atoms with van der Waals surface area (Å²) in [6, 6.07) is 5.28. The van der Waals surface area contributed by atoms with Gasteiger partial charge in [-0.05, 0) is 64.9 Å². The fraction of sp³-hybridized carbons (Fsp3) is 0.652. The molecule has 1 aromatic carbocycles. The minimum absolute atomic E-state index is 0.121. The number of carbonyl (C=O) groups is 2. The molecule has 2 spiro atoms. The van der Waals surface area contributed by atoms with Crippen molar-refractivity contribution in [2.24, 2.45) is 0 Å². The zero-order chi connectivity index (χ0) is 23.1. The third-order valence-corrected chi connectivity index (χ3v) is 8.22. The van der Waals surface area contributed by atoms with E-state index in [9.17, 15) is 9.59 Å². The quantitative estimate of drug-likeness (QED) is 0.558. The van der Waals surface area contributed by atoms with Crippen LogP contribution in [0.2, 0.25) is 0 Å². The number of methoxy groups -OCH3 is 1. The molecule has 9 heteroatoms. The number of benzene rings is 1. The number of ether oxygens (including phenoxy) is 2. The molecule has 2 saturated heterocycles. The van der Waals surface area contributed by atoms with Crippen molar-refractivity contribution < 1.29 is 28.4 Å². The summed E-state index contributed by atoms with van der Waals surface area (Å²) in [5.74, 6) is 0.327. The van der Waals surface area contributed by atoms with E-state index in [-0.39, 0.29) is 12.0 Å². The number of fused-ring (bicyclic) bond motifs is 3. The molecule has 1 N–H and O–H groups in total. The van der Waals surface area contributed by atoms with Crippen molar-refractivity contribution >= 4 is 24.5 Å². The fourth-order valence-electron chi connectivity index (χ4n) is 5.49. The Morgan fingerprint density at radius 1 is 1.09 bits per heavy atom. The molecule has 3 amide bonds. The topological polar surface area (TPSA) is 86.3 Å². The minimum Gasteiger partial charge on any atom is -0.483 e. The first-order valence-electron chi connectivity index (χ1n) is 11.3. The van der Waals surface area contributed by atoms with Crippen molar-refractivity contribution in [3.8, 4) is 5.75 Å². The maximum atomic E-state index is 13.6. The molecule has 1 aromatic rings. The van der Waals surface area contributed by atoms with Crippen LogP contribution in [0.25, 0.3) is 0 Å². The zero-order valence-electron chi connectivity index (χ0n) is 19.6. The molecule has 5 rings (SSSR count). The lowest BCUT2D eigenvalue weighted by Crippen LogP contribution is -2.63. The first kappa shape index (κ1) is 21.7. The predicted octanol–water partition coefficient (Wildman–Crippen LogP) is 2.08. The minimum atomic E-state index is -1.27. The fourth-order valence-corrected chi connectivity index (χ4v) is 5.49. The number of likely N-dealkylation sites (N-methyl/N-ethyl adjacent to an activating group) is 1. The van der Waals surface area contributed by atoms with Gasteiger partial charge in [0.2, 0.25) is 0 Å². The van der Waals surface area contributed by atoms with Gasteiger partial charge in [0.05, 0.1) is 17.3 Å². The van der Waals surface area contributed by atoms with E-state index in [0.29, 0.717) is 24.2 Å². The summed E-state index contributed by atoms with van der Waals surface area (Å²) in [6.07, 6.45) is 2.83. The maximum Gasteiger partial charge on any atom is 0.494 e. The largest absolute Gasteiger partial charge is 0.494 e. The van der Waals surface area contributed by atoms with Crippen molar-refractivity contribution in [3.05, 3.63) is 23.8 Å². The van der Waals surface area contributed by atoms with E-state index in [1.54, 1.807) is 7.11 Å². The number of hydrogen-bond acceptors (Lipinski definition) is 6. The van der Waals surface area contributed by atoms with Crippen LogP contribution in [-0.2, 0) is 24.4 Å². The number of imide groups is 1. The standard InChI is InChI=1S/C23H31BN2O6/c1-20(2)21(3,4)32-24(31-20)14-7-8-17-16(13-14)23(18(27)26(5)19(28)25-23)22(30-17)11-9-15(29-6)10-12-22/h7-8,13,15H,9-12H2,1-6H3,(H,25,28). The summed E-state index contributed by atoms with van der Waals surface area (Å²) in [4.78, 5) is 27.5. The molecule has 172 valence electrons. The predicted molar refractivity (Wildman–Crippen MR) is 118 cm³/mol. The average molecular weight is 442 g/mol. The molecule has 32 heavy (non-hydrogen) atoms. The van der Waals surface area contributed by atoms with Crippen LogP contribution in [0.3, 0.4) is 0 Å². The van der Waals surface area contributed by atoms with Crippen molar-refractivity contribution in [3.63, 3.8) is 0 Å². The normalized spacial score (nSPS) is 34.9. The van der Waals surface area contributed by atoms with Gasteiger partial charge in [0, 0.05) is 19.7 Å². The Morgan fingerprint density at radius 3 is 2.25 bits per heavy atom. The molecule has 0 radical (unpaired) electrons. The molecule has 1 saturated carbocycles. The SMILES string of the molecule is COC1CCC2(CC1)Oc1ccc(B3OC(C)(C)C(C)(C)O3)cc1C21NC(=O)N(C)C1=O. The van der Waals surface area contributed by atoms with E-state index in [0.717, 1.165) is 23.2 Å². The molecule has 8 nitrogen and oxygen atoms in total. The summed E-state index contributed by atoms with van der Waals surface area (Å²) >= 11 is 0. The van der Waals surface area contributed by atoms with E-state index in [4.69, 9.17) is 18.8 Å². The number of hydrogen-bond donors (Lipinski definition) is 1. The second-order valence-corrected chi connectivity index (χ2v) is 10.4. The van der Waals surface area contributed by atoms with E-state index >= 15 is 0 Å². The van der Waals surface area contributed by atoms with Crippen LogP contribution in [0.15, 0.2) is 18.2 Å². The molecule has 1 unspecified atom stereocenters. The van der Waals surface area contributed by atoms with Gasteiger partial charge in [-0.2, -0.15) is 0 Å². The Kier molecular flexibility index (Phi) is 4.56. The summed E-state index contributed by atoms with van der Waals surface area (Å²) in [6.45, 7) is 8.02. The highest BCUT2D eigenvalue weighted by molar-refractivity contribution is 6.62. The average Bonchev–Trinajstić information content (AvgIpc) is 3.23. The molecule has 0 bridgehead atoms. The molecule has 3 aliphatic heterocycles. The maximum absolute atomic E-state index is 13.6. The Bertz CT molecular complexity index is 971. The van der Waals surface area contributed by atoms with E-state index in [1.165, 1.54) is 7.05 Å². The molecule has 3 heterocycles. The molecule has 0 aromatic heterocycles. The van der Waals surface area contributed by atoms with Gasteiger partial charge in [0.15, 0.2) is 5.54 Å². The van der Waals surface area contributed by atoms with Crippen molar-refractivity contribution in [2.75, 3.05) is 14.2 Å². The number of nitrogens with zero attached hydrogens (tertiary/aromatic N) is 1. The van der Waals surface area contributed by atoms with Crippen LogP contribution in [0, 0.1) is 0 Å². The first-order chi connectivity index (χ1) is 15.0. The number of amides is 3. The second kappa shape index (κ2) is 6.71. The lowest BCUT2D eigenvalue weighted by atomic mass is 9.67. The Balaban J connectivity index is 1.59. The van der Waals surface area contributed by atoms with Gasteiger partial charge in [-0.25, -0.2) is 4.79 Å². The van der Waals surface area contributed by atoms with Crippen molar-refractivity contribution in [1.82, 2.24) is 10.2 Å². The van der Waals surface area contributed by atoms with Gasteiger partial charge in [0.25, 0.3) is 5.91 Å². The number of nitrogens with one attached hydrogen (secondary N) is 1. The van der Waals surface area contributed by atoms with Crippen molar-refractivity contribution in [1.29, 1.82) is 0 Å². The first-order valence-corrected chi connectivity index (χ1v) is 11.3. The van der Waals surface area contributed by atoms with Gasteiger partial charge in [-0.3, -0.25) is 9.69 Å². The Morgan fingerprint density at radius 2 is 1.72 bits per heavy atom. The Labute approximate surface area is 189 Å². The summed E-state index contributed by atoms with van der Waals surface area (Å²) in [7, 11) is 2.64. The monoisotopic (exact) mass is 442 g/mol. The molecule has 4 aliphatic rings. The molecule has 1 aliphatic carbocycles. The van der Waals surface area contributed by atoms with Gasteiger partial charge >= 0.3 is 13.1 Å². The van der Waals surface area contributed by atoms with Gasteiger partial charge in [-0.15, -0.1) is 0 Å². The molecular formula is C23H31BN2O6. The van der Waals surface area contributed by atoms with Crippen LogP contribution in [0.4, 0.5) is 4.79 Å². The number of urea groups is 1. The summed E-state index contributed by atoms with van der Waals surface area (Å²) in [5.41, 5.74) is -1.62. The van der Waals surface area contributed by atoms with Crippen molar-refractivity contribution in [2.45, 2.75) is 81.8 Å². The van der Waals surface area contributed by atoms with Crippen LogP contribution >= 0.6 is 0 Å². The number of carbonyl (C=O) groups excluding carboxylic acids is 2. The highest BCUT2D eigenvalue weighted by atomic mass is 16.7. The van der Waals surface area contributed by atoms with E-state index in [2.05, 4.69) is 5.32 Å². The van der Waals surface area contributed by atoms with Crippen LogP contribution in [0.1, 0.15) is 58.9 Å². The third-order valence-electron chi connectivity index (χ3n) is 8.22. The molecule has 1 atom stereocenters. The molecular weight excluding hydrogens is 411 g/mol. The van der Waals surface area contributed by atoms with E-state index < -0.39 is 35.5 Å². The lowest BCUT2D eigenvalue weighted by molar-refractivity contribution is -0.141. The summed E-state index contributed by atoms with van der Waals surface area (Å²) in [5, 5.41) is 3.02. The smallest absolute Gasteiger partial charge is 0.483 e. The number of rotatable bonds is 2. The Hall–Kier alpha value is -2.10. The molecule has 3 fully saturated rings. The van der Waals surface area contributed by atoms with E-state index in [1.807, 2.05) is 45.9 Å². The lowest BCUT2D eigenvalue weighted by Gasteiger charge is -2.44. The van der Waals surface area contributed by atoms with Gasteiger partial charge in [-0.1, -0.05) is 12.1 Å². The van der Waals surface area contributed by atoms with Crippen LogP contribution < -0.4 is 15.5 Å². The van der Waals surface area contributed by atoms with Gasteiger partial charge < -0.3 is 24.1 Å². The summed E-state index contributed by atoms with van der Waals surface area (Å²) < 4.78 is 24.5. The van der Waals surface area contributed by atoms with Gasteiger partial charge in [0.1, 0.15) is 11.4 Å². The van der Waals surface area contributed by atoms with Crippen LogP contribution in [0.5, 0.6) is 5.75 Å². The third kappa shape index (κ3) is 2.67. The second-order valence-electron chi connectivity index (χ2n) is 10.4.